The number of benzene rings is 1. The second kappa shape index (κ2) is 7.06. The molecule has 1 atom stereocenters. The van der Waals surface area contributed by atoms with E-state index in [0.717, 1.165) is 17.7 Å². The van der Waals surface area contributed by atoms with Crippen LogP contribution >= 0.6 is 0 Å². The third-order valence-corrected chi connectivity index (χ3v) is 7.16. The number of rotatable bonds is 4. The fourth-order valence-corrected chi connectivity index (χ4v) is 5.09. The van der Waals surface area contributed by atoms with Crippen molar-refractivity contribution in [3.05, 3.63) is 42.1 Å². The Balaban J connectivity index is 1.40. The molecule has 2 fully saturated rings. The van der Waals surface area contributed by atoms with Crippen LogP contribution in [0.5, 0.6) is 0 Å². The normalized spacial score (nSPS) is 22.5. The summed E-state index contributed by atoms with van der Waals surface area (Å²) in [7, 11) is -3.54. The maximum atomic E-state index is 12.9. The van der Waals surface area contributed by atoms with E-state index in [1.165, 1.54) is 16.6 Å². The molecule has 1 aromatic heterocycles. The molecule has 4 rings (SSSR count). The Bertz CT molecular complexity index is 903. The Morgan fingerprint density at radius 1 is 1.04 bits per heavy atom. The first kappa shape index (κ1) is 18.1. The van der Waals surface area contributed by atoms with Gasteiger partial charge in [0.1, 0.15) is 0 Å². The molecule has 27 heavy (non-hydrogen) atoms. The summed E-state index contributed by atoms with van der Waals surface area (Å²) in [5, 5.41) is 6.35. The maximum absolute atomic E-state index is 12.9. The lowest BCUT2D eigenvalue weighted by Gasteiger charge is -2.36. The summed E-state index contributed by atoms with van der Waals surface area (Å²) in [5.74, 6) is 0.101. The Morgan fingerprint density at radius 2 is 1.74 bits per heavy atom. The van der Waals surface area contributed by atoms with Crippen molar-refractivity contribution in [1.29, 1.82) is 0 Å². The molecule has 1 aromatic carbocycles. The molecule has 2 aliphatic heterocycles. The third-order valence-electron chi connectivity index (χ3n) is 5.33. The summed E-state index contributed by atoms with van der Waals surface area (Å²) in [5.41, 5.74) is 2.09. The molecule has 1 amide bonds. The number of nitrogens with one attached hydrogen (secondary N) is 1. The van der Waals surface area contributed by atoms with Crippen LogP contribution in [0.1, 0.15) is 12.0 Å². The van der Waals surface area contributed by atoms with Gasteiger partial charge in [-0.15, -0.1) is 0 Å². The number of carbonyl (C=O) groups excluding carboxylic acids is 1. The van der Waals surface area contributed by atoms with Crippen molar-refractivity contribution in [1.82, 2.24) is 19.4 Å². The summed E-state index contributed by atoms with van der Waals surface area (Å²) in [6, 6.07) is 9.25. The van der Waals surface area contributed by atoms with Crippen LogP contribution in [-0.4, -0.2) is 72.5 Å². The number of hydrogen-bond acceptors (Lipinski definition) is 5. The number of aryl methyl sites for hydroxylation is 1. The lowest BCUT2D eigenvalue weighted by atomic mass is 10.2. The molecule has 1 unspecified atom stereocenters. The highest BCUT2D eigenvalue weighted by atomic mass is 32.2. The number of anilines is 1. The van der Waals surface area contributed by atoms with Crippen LogP contribution in [0.4, 0.5) is 5.69 Å². The number of aromatic nitrogens is 2. The zero-order chi connectivity index (χ0) is 19.0. The fraction of sp³-hybridized carbons (Fsp3) is 0.444. The van der Waals surface area contributed by atoms with Crippen molar-refractivity contribution in [3.63, 3.8) is 0 Å². The van der Waals surface area contributed by atoms with E-state index in [-0.39, 0.29) is 17.0 Å². The highest BCUT2D eigenvalue weighted by Crippen LogP contribution is 2.26. The van der Waals surface area contributed by atoms with Crippen LogP contribution in [0, 0.1) is 6.92 Å². The third kappa shape index (κ3) is 3.38. The van der Waals surface area contributed by atoms with Crippen LogP contribution in [0.15, 0.2) is 41.6 Å². The van der Waals surface area contributed by atoms with Gasteiger partial charge in [-0.2, -0.15) is 9.40 Å². The van der Waals surface area contributed by atoms with E-state index in [2.05, 4.69) is 15.1 Å². The van der Waals surface area contributed by atoms with Crippen molar-refractivity contribution < 1.29 is 13.2 Å². The Kier molecular flexibility index (Phi) is 4.75. The first-order chi connectivity index (χ1) is 13.0. The lowest BCUT2D eigenvalue weighted by molar-refractivity contribution is -0.122. The molecule has 2 aromatic rings. The molecule has 2 aliphatic rings. The predicted octanol–water partition coefficient (Wildman–Crippen LogP) is 0.830. The van der Waals surface area contributed by atoms with Gasteiger partial charge < -0.3 is 4.90 Å². The average Bonchev–Trinajstić information content (AvgIpc) is 3.33. The number of sulfonamides is 1. The van der Waals surface area contributed by atoms with Gasteiger partial charge in [-0.3, -0.25) is 14.8 Å². The zero-order valence-electron chi connectivity index (χ0n) is 15.2. The van der Waals surface area contributed by atoms with E-state index < -0.39 is 10.0 Å². The molecule has 8 nitrogen and oxygen atoms in total. The number of amides is 1. The molecule has 2 saturated heterocycles. The number of H-pyrrole nitrogens is 1. The molecule has 1 N–H and O–H groups in total. The van der Waals surface area contributed by atoms with Crippen LogP contribution in [0.2, 0.25) is 0 Å². The van der Waals surface area contributed by atoms with Gasteiger partial charge >= 0.3 is 0 Å². The molecular weight excluding hydrogens is 366 g/mol. The monoisotopic (exact) mass is 389 g/mol. The van der Waals surface area contributed by atoms with E-state index in [9.17, 15) is 13.2 Å². The maximum Gasteiger partial charge on any atom is 0.260 e. The fourth-order valence-electron chi connectivity index (χ4n) is 3.77. The minimum atomic E-state index is -3.54. The molecule has 9 heteroatoms. The highest BCUT2D eigenvalue weighted by molar-refractivity contribution is 7.89. The summed E-state index contributed by atoms with van der Waals surface area (Å²) in [6.45, 7) is 4.55. The minimum absolute atomic E-state index is 0.101. The summed E-state index contributed by atoms with van der Waals surface area (Å²) < 4.78 is 26.6. The van der Waals surface area contributed by atoms with E-state index in [0.29, 0.717) is 32.7 Å². The van der Waals surface area contributed by atoms with E-state index in [4.69, 9.17) is 0 Å². The Labute approximate surface area is 158 Å². The van der Waals surface area contributed by atoms with Crippen molar-refractivity contribution in [2.45, 2.75) is 24.4 Å². The van der Waals surface area contributed by atoms with E-state index >= 15 is 0 Å². The SMILES string of the molecule is Cc1ccc(N2CCC(N3CCN(S(=O)(=O)c4ccn[nH]4)CC3)C2=O)cc1. The van der Waals surface area contributed by atoms with Gasteiger partial charge in [0.15, 0.2) is 5.03 Å². The van der Waals surface area contributed by atoms with Gasteiger partial charge in [0, 0.05) is 38.4 Å². The topological polar surface area (TPSA) is 89.6 Å². The number of carbonyl (C=O) groups is 1. The molecule has 0 bridgehead atoms. The summed E-state index contributed by atoms with van der Waals surface area (Å²) in [6.07, 6.45) is 2.19. The van der Waals surface area contributed by atoms with Crippen LogP contribution in [-0.2, 0) is 14.8 Å². The summed E-state index contributed by atoms with van der Waals surface area (Å²) >= 11 is 0. The molecule has 0 spiro atoms. The second-order valence-corrected chi connectivity index (χ2v) is 8.90. The molecular formula is C18H23N5O3S. The molecule has 0 saturated carbocycles. The van der Waals surface area contributed by atoms with Crippen LogP contribution in [0.25, 0.3) is 0 Å². The zero-order valence-corrected chi connectivity index (χ0v) is 16.0. The van der Waals surface area contributed by atoms with Gasteiger partial charge in [0.25, 0.3) is 10.0 Å². The Morgan fingerprint density at radius 3 is 2.37 bits per heavy atom. The van der Waals surface area contributed by atoms with Gasteiger partial charge in [0.05, 0.1) is 12.2 Å². The molecule has 0 radical (unpaired) electrons. The number of piperazine rings is 1. The highest BCUT2D eigenvalue weighted by Gasteiger charge is 2.39. The standard InChI is InChI=1S/C18H23N5O3S/c1-14-2-4-15(5-3-14)23-9-7-16(18(23)24)21-10-12-22(13-11-21)27(25,26)17-6-8-19-20-17/h2-6,8,16H,7,9-13H2,1H3,(H,19,20). The van der Waals surface area contributed by atoms with E-state index in [1.54, 1.807) is 0 Å². The molecule has 144 valence electrons. The Hall–Kier alpha value is -2.23. The quantitative estimate of drug-likeness (QED) is 0.837. The number of nitrogens with zero attached hydrogens (tertiary/aromatic N) is 4. The van der Waals surface area contributed by atoms with Crippen molar-refractivity contribution in [3.8, 4) is 0 Å². The van der Waals surface area contributed by atoms with E-state index in [1.807, 2.05) is 36.1 Å². The number of hydrogen-bond donors (Lipinski definition) is 1. The lowest BCUT2D eigenvalue weighted by Crippen LogP contribution is -2.53. The molecule has 3 heterocycles. The predicted molar refractivity (Wildman–Crippen MR) is 101 cm³/mol. The van der Waals surface area contributed by atoms with Crippen molar-refractivity contribution in [2.75, 3.05) is 37.6 Å². The second-order valence-electron chi connectivity index (χ2n) is 6.99. The number of aromatic amines is 1. The van der Waals surface area contributed by atoms with Gasteiger partial charge in [0.2, 0.25) is 5.91 Å². The van der Waals surface area contributed by atoms with Crippen LogP contribution in [0.3, 0.4) is 0 Å². The largest absolute Gasteiger partial charge is 0.311 e. The van der Waals surface area contributed by atoms with Gasteiger partial charge in [-0.05, 0) is 31.5 Å². The van der Waals surface area contributed by atoms with Gasteiger partial charge in [-0.25, -0.2) is 8.42 Å². The first-order valence-electron chi connectivity index (χ1n) is 9.08. The smallest absolute Gasteiger partial charge is 0.260 e. The average molecular weight is 389 g/mol. The van der Waals surface area contributed by atoms with Crippen LogP contribution < -0.4 is 4.90 Å². The molecule has 0 aliphatic carbocycles. The minimum Gasteiger partial charge on any atom is -0.311 e. The van der Waals surface area contributed by atoms with Gasteiger partial charge in [-0.1, -0.05) is 17.7 Å². The summed E-state index contributed by atoms with van der Waals surface area (Å²) in [4.78, 5) is 16.8. The van der Waals surface area contributed by atoms with Crippen molar-refractivity contribution in [2.24, 2.45) is 0 Å². The van der Waals surface area contributed by atoms with Crippen molar-refractivity contribution >= 4 is 21.6 Å². The first-order valence-corrected chi connectivity index (χ1v) is 10.5.